The monoisotopic (exact) mass is 445 g/mol. The van der Waals surface area contributed by atoms with E-state index in [1.165, 1.54) is 0 Å². The Balaban J connectivity index is 1.15. The van der Waals surface area contributed by atoms with Crippen LogP contribution in [0.3, 0.4) is 0 Å². The second-order valence-corrected chi connectivity index (χ2v) is 8.45. The van der Waals surface area contributed by atoms with E-state index in [9.17, 15) is 9.59 Å². The second-order valence-electron chi connectivity index (χ2n) is 8.45. The number of carbonyl (C=O) groups excluding carboxylic acids is 2. The van der Waals surface area contributed by atoms with Gasteiger partial charge >= 0.3 is 0 Å². The van der Waals surface area contributed by atoms with Gasteiger partial charge in [0.05, 0.1) is 6.04 Å². The summed E-state index contributed by atoms with van der Waals surface area (Å²) in [5.41, 5.74) is 0.786. The summed E-state index contributed by atoms with van der Waals surface area (Å²) in [4.78, 5) is 29.7. The van der Waals surface area contributed by atoms with Gasteiger partial charge in [-0.15, -0.1) is 0 Å². The molecule has 3 aromatic carbocycles. The molecular formula is C26H27N3O4. The smallest absolute Gasteiger partial charge is 0.267 e. The number of nitrogens with one attached hydrogen (secondary N) is 1. The summed E-state index contributed by atoms with van der Waals surface area (Å²) >= 11 is 0. The number of para-hydroxylation sites is 2. The lowest BCUT2D eigenvalue weighted by atomic mass is 10.1. The number of hydrogen-bond donors (Lipinski definition) is 1. The molecule has 1 fully saturated rings. The van der Waals surface area contributed by atoms with Crippen LogP contribution in [0, 0.1) is 0 Å². The van der Waals surface area contributed by atoms with Crippen LogP contribution >= 0.6 is 0 Å². The highest BCUT2D eigenvalue weighted by Gasteiger charge is 2.34. The van der Waals surface area contributed by atoms with Gasteiger partial charge in [0.1, 0.15) is 6.61 Å². The first-order valence-corrected chi connectivity index (χ1v) is 11.3. The Morgan fingerprint density at radius 2 is 1.61 bits per heavy atom. The molecule has 2 heterocycles. The number of fused-ring (bicyclic) bond motifs is 2. The standard InChI is InChI=1S/C26H27N3O4/c1-18(25(30)27-21-11-10-19-6-2-3-7-20(19)16-21)28-12-14-29(15-13-28)26(31)24-17-32-22-8-4-5-9-23(22)33-24/h2-11,16,18,24H,12-15,17H2,1H3,(H,27,30). The molecule has 7 heteroatoms. The van der Waals surface area contributed by atoms with Crippen LogP contribution in [-0.2, 0) is 9.59 Å². The minimum atomic E-state index is -0.639. The number of ether oxygens (including phenoxy) is 2. The van der Waals surface area contributed by atoms with Gasteiger partial charge in [0, 0.05) is 31.9 Å². The highest BCUT2D eigenvalue weighted by atomic mass is 16.6. The maximum absolute atomic E-state index is 12.9. The average Bonchev–Trinajstić information content (AvgIpc) is 2.87. The molecule has 2 atom stereocenters. The summed E-state index contributed by atoms with van der Waals surface area (Å²) < 4.78 is 11.5. The van der Waals surface area contributed by atoms with Gasteiger partial charge in [-0.05, 0) is 42.0 Å². The van der Waals surface area contributed by atoms with Gasteiger partial charge in [0.25, 0.3) is 5.91 Å². The molecule has 0 aromatic heterocycles. The number of benzene rings is 3. The summed E-state index contributed by atoms with van der Waals surface area (Å²) in [6.45, 7) is 4.47. The van der Waals surface area contributed by atoms with Crippen LogP contribution in [0.1, 0.15) is 6.92 Å². The number of piperazine rings is 1. The van der Waals surface area contributed by atoms with Crippen molar-refractivity contribution in [3.63, 3.8) is 0 Å². The fourth-order valence-corrected chi connectivity index (χ4v) is 4.35. The fraction of sp³-hybridized carbons (Fsp3) is 0.308. The summed E-state index contributed by atoms with van der Waals surface area (Å²) in [5, 5.41) is 5.26. The maximum Gasteiger partial charge on any atom is 0.267 e. The summed E-state index contributed by atoms with van der Waals surface area (Å²) in [7, 11) is 0. The minimum Gasteiger partial charge on any atom is -0.485 e. The quantitative estimate of drug-likeness (QED) is 0.668. The fourth-order valence-electron chi connectivity index (χ4n) is 4.35. The molecule has 0 aliphatic carbocycles. The minimum absolute atomic E-state index is 0.0503. The molecule has 0 saturated carbocycles. The van der Waals surface area contributed by atoms with Gasteiger partial charge in [-0.2, -0.15) is 0 Å². The van der Waals surface area contributed by atoms with Crippen LogP contribution in [0.5, 0.6) is 11.5 Å². The number of carbonyl (C=O) groups is 2. The molecule has 5 rings (SSSR count). The number of anilines is 1. The molecule has 0 bridgehead atoms. The maximum atomic E-state index is 12.9. The molecule has 33 heavy (non-hydrogen) atoms. The molecule has 7 nitrogen and oxygen atoms in total. The third kappa shape index (κ3) is 4.50. The summed E-state index contributed by atoms with van der Waals surface area (Å²) in [5.74, 6) is 1.14. The van der Waals surface area contributed by atoms with Gasteiger partial charge < -0.3 is 19.7 Å². The molecule has 2 aliphatic rings. The van der Waals surface area contributed by atoms with E-state index < -0.39 is 6.10 Å². The Bertz CT molecular complexity index is 1170. The normalized spacial score (nSPS) is 19.2. The van der Waals surface area contributed by atoms with Crippen molar-refractivity contribution in [1.82, 2.24) is 9.80 Å². The molecule has 0 spiro atoms. The molecule has 170 valence electrons. The molecule has 2 aliphatic heterocycles. The van der Waals surface area contributed by atoms with E-state index in [0.717, 1.165) is 16.5 Å². The van der Waals surface area contributed by atoms with E-state index in [1.54, 1.807) is 4.90 Å². The van der Waals surface area contributed by atoms with Gasteiger partial charge in [0.15, 0.2) is 11.5 Å². The largest absolute Gasteiger partial charge is 0.485 e. The van der Waals surface area contributed by atoms with E-state index in [-0.39, 0.29) is 24.5 Å². The van der Waals surface area contributed by atoms with Crippen molar-refractivity contribution >= 4 is 28.3 Å². The van der Waals surface area contributed by atoms with Crippen LogP contribution < -0.4 is 14.8 Å². The molecule has 3 aromatic rings. The lowest BCUT2D eigenvalue weighted by Gasteiger charge is -2.39. The zero-order valence-corrected chi connectivity index (χ0v) is 18.6. The van der Waals surface area contributed by atoms with E-state index in [0.29, 0.717) is 37.7 Å². The first kappa shape index (κ1) is 21.3. The van der Waals surface area contributed by atoms with Crippen molar-refractivity contribution in [2.24, 2.45) is 0 Å². The zero-order chi connectivity index (χ0) is 22.8. The zero-order valence-electron chi connectivity index (χ0n) is 18.6. The first-order valence-electron chi connectivity index (χ1n) is 11.3. The number of rotatable bonds is 4. The predicted octanol–water partition coefficient (Wildman–Crippen LogP) is 3.15. The van der Waals surface area contributed by atoms with Gasteiger partial charge in [-0.25, -0.2) is 0 Å². The Kier molecular flexibility index (Phi) is 5.88. The number of nitrogens with zero attached hydrogens (tertiary/aromatic N) is 2. The van der Waals surface area contributed by atoms with Crippen molar-refractivity contribution < 1.29 is 19.1 Å². The average molecular weight is 446 g/mol. The van der Waals surface area contributed by atoms with Crippen LogP contribution in [0.4, 0.5) is 5.69 Å². The van der Waals surface area contributed by atoms with Crippen LogP contribution in [0.25, 0.3) is 10.8 Å². The topological polar surface area (TPSA) is 71.1 Å². The highest BCUT2D eigenvalue weighted by Crippen LogP contribution is 2.31. The van der Waals surface area contributed by atoms with Crippen LogP contribution in [-0.4, -0.2) is 66.5 Å². The van der Waals surface area contributed by atoms with Crippen LogP contribution in [0.15, 0.2) is 66.7 Å². The Hall–Kier alpha value is -3.58. The van der Waals surface area contributed by atoms with E-state index in [2.05, 4.69) is 10.2 Å². The summed E-state index contributed by atoms with van der Waals surface area (Å²) in [6.07, 6.45) is -0.639. The molecule has 1 saturated heterocycles. The van der Waals surface area contributed by atoms with Crippen molar-refractivity contribution in [3.05, 3.63) is 66.7 Å². The number of amides is 2. The Morgan fingerprint density at radius 3 is 2.39 bits per heavy atom. The third-order valence-corrected chi connectivity index (χ3v) is 6.35. The lowest BCUT2D eigenvalue weighted by Crippen LogP contribution is -2.57. The molecular weight excluding hydrogens is 418 g/mol. The molecule has 1 N–H and O–H groups in total. The highest BCUT2D eigenvalue weighted by molar-refractivity contribution is 5.97. The van der Waals surface area contributed by atoms with Crippen molar-refractivity contribution in [1.29, 1.82) is 0 Å². The molecule has 2 amide bonds. The second kappa shape index (κ2) is 9.11. The third-order valence-electron chi connectivity index (χ3n) is 6.35. The Labute approximate surface area is 192 Å². The lowest BCUT2D eigenvalue weighted by molar-refractivity contribution is -0.143. The Morgan fingerprint density at radius 1 is 0.909 bits per heavy atom. The van der Waals surface area contributed by atoms with E-state index >= 15 is 0 Å². The van der Waals surface area contributed by atoms with E-state index in [1.807, 2.05) is 73.7 Å². The summed E-state index contributed by atoms with van der Waals surface area (Å²) in [6, 6.07) is 21.1. The van der Waals surface area contributed by atoms with Crippen molar-refractivity contribution in [2.45, 2.75) is 19.1 Å². The number of hydrogen-bond acceptors (Lipinski definition) is 5. The van der Waals surface area contributed by atoms with Crippen molar-refractivity contribution in [2.75, 3.05) is 38.1 Å². The first-order chi connectivity index (χ1) is 16.1. The van der Waals surface area contributed by atoms with Crippen molar-refractivity contribution in [3.8, 4) is 11.5 Å². The predicted molar refractivity (Wildman–Crippen MR) is 127 cm³/mol. The SMILES string of the molecule is CC(C(=O)Nc1ccc2ccccc2c1)N1CCN(C(=O)C2COc3ccccc3O2)CC1. The molecule has 2 unspecified atom stereocenters. The van der Waals surface area contributed by atoms with Gasteiger partial charge in [0.2, 0.25) is 12.0 Å². The van der Waals surface area contributed by atoms with Crippen LogP contribution in [0.2, 0.25) is 0 Å². The van der Waals surface area contributed by atoms with Gasteiger partial charge in [-0.3, -0.25) is 14.5 Å². The van der Waals surface area contributed by atoms with E-state index in [4.69, 9.17) is 9.47 Å². The van der Waals surface area contributed by atoms with Gasteiger partial charge in [-0.1, -0.05) is 42.5 Å². The molecule has 0 radical (unpaired) electrons.